The predicted octanol–water partition coefficient (Wildman–Crippen LogP) is 1.14. The lowest BCUT2D eigenvalue weighted by molar-refractivity contribution is 0.0954. The van der Waals surface area contributed by atoms with Crippen LogP contribution in [-0.2, 0) is 0 Å². The Labute approximate surface area is 90.0 Å². The molecule has 0 aliphatic carbocycles. The van der Waals surface area contributed by atoms with E-state index in [9.17, 15) is 4.79 Å². The second-order valence-corrected chi connectivity index (χ2v) is 3.16. The lowest BCUT2D eigenvalue weighted by Gasteiger charge is -2.23. The molecule has 3 N–H and O–H groups in total. The number of nitrogen functional groups attached to an aromatic ring is 1. The number of hydrogen-bond acceptors (Lipinski definition) is 3. The highest BCUT2D eigenvalue weighted by molar-refractivity contribution is 5.99. The molecule has 1 aromatic rings. The number of rotatable bonds is 4. The number of hydrogen-bond donors (Lipinski definition) is 2. The molecule has 0 spiro atoms. The third-order valence-corrected chi connectivity index (χ3v) is 2.38. The average Bonchev–Trinajstić information content (AvgIpc) is 2.30. The second kappa shape index (κ2) is 5.36. The van der Waals surface area contributed by atoms with Crippen molar-refractivity contribution in [3.05, 3.63) is 29.8 Å². The number of benzene rings is 1. The molecule has 1 aromatic carbocycles. The summed E-state index contributed by atoms with van der Waals surface area (Å²) in [7, 11) is 0. The van der Waals surface area contributed by atoms with Crippen LogP contribution < -0.4 is 16.2 Å². The number of carbonyl (C=O) groups excluding carboxylic acids is 1. The Kier molecular flexibility index (Phi) is 4.12. The fourth-order valence-corrected chi connectivity index (χ4v) is 1.58. The van der Waals surface area contributed by atoms with Crippen LogP contribution in [0, 0.1) is 0 Å². The molecular weight excluding hydrogens is 190 g/mol. The summed E-state index contributed by atoms with van der Waals surface area (Å²) in [6.45, 7) is 5.85. The normalized spacial score (nSPS) is 9.80. The minimum absolute atomic E-state index is 0.252. The summed E-state index contributed by atoms with van der Waals surface area (Å²) < 4.78 is 0. The van der Waals surface area contributed by atoms with Crippen molar-refractivity contribution >= 4 is 11.6 Å². The van der Waals surface area contributed by atoms with Gasteiger partial charge in [0, 0.05) is 18.8 Å². The Hall–Kier alpha value is -1.55. The fraction of sp³-hybridized carbons (Fsp3) is 0.364. The van der Waals surface area contributed by atoms with Crippen molar-refractivity contribution in [2.75, 3.05) is 18.0 Å². The van der Waals surface area contributed by atoms with E-state index in [1.165, 1.54) is 0 Å². The summed E-state index contributed by atoms with van der Waals surface area (Å²) in [5.74, 6) is 4.89. The summed E-state index contributed by atoms with van der Waals surface area (Å²) in [5, 5.41) is 0. The molecule has 0 saturated heterocycles. The van der Waals surface area contributed by atoms with Crippen LogP contribution in [0.5, 0.6) is 0 Å². The Morgan fingerprint density at radius 3 is 2.47 bits per heavy atom. The highest BCUT2D eigenvalue weighted by Gasteiger charge is 2.12. The molecule has 1 amide bonds. The third-order valence-electron chi connectivity index (χ3n) is 2.38. The average molecular weight is 207 g/mol. The minimum Gasteiger partial charge on any atom is -0.371 e. The van der Waals surface area contributed by atoms with Crippen molar-refractivity contribution < 1.29 is 4.79 Å². The zero-order valence-corrected chi connectivity index (χ0v) is 9.16. The summed E-state index contributed by atoms with van der Waals surface area (Å²) in [6.07, 6.45) is 0. The molecule has 82 valence electrons. The molecule has 0 aliphatic rings. The SMILES string of the molecule is CCN(CC)c1ccccc1C(=O)NN. The van der Waals surface area contributed by atoms with Gasteiger partial charge in [0.25, 0.3) is 5.91 Å². The molecule has 4 nitrogen and oxygen atoms in total. The summed E-state index contributed by atoms with van der Waals surface area (Å²) >= 11 is 0. The Balaban J connectivity index is 3.10. The van der Waals surface area contributed by atoms with Crippen molar-refractivity contribution in [2.45, 2.75) is 13.8 Å². The van der Waals surface area contributed by atoms with Crippen LogP contribution in [0.2, 0.25) is 0 Å². The number of carbonyl (C=O) groups is 1. The van der Waals surface area contributed by atoms with Crippen LogP contribution >= 0.6 is 0 Å². The van der Waals surface area contributed by atoms with E-state index in [0.717, 1.165) is 18.8 Å². The van der Waals surface area contributed by atoms with Gasteiger partial charge in [0.05, 0.1) is 5.56 Å². The van der Waals surface area contributed by atoms with E-state index in [0.29, 0.717) is 5.56 Å². The van der Waals surface area contributed by atoms with Gasteiger partial charge in [-0.05, 0) is 26.0 Å². The van der Waals surface area contributed by atoms with Crippen molar-refractivity contribution in [3.8, 4) is 0 Å². The first-order valence-electron chi connectivity index (χ1n) is 5.09. The van der Waals surface area contributed by atoms with Gasteiger partial charge < -0.3 is 4.90 Å². The molecule has 0 bridgehead atoms. The number of nitrogens with zero attached hydrogens (tertiary/aromatic N) is 1. The molecule has 0 atom stereocenters. The van der Waals surface area contributed by atoms with Gasteiger partial charge in [0.1, 0.15) is 0 Å². The van der Waals surface area contributed by atoms with Crippen LogP contribution in [-0.4, -0.2) is 19.0 Å². The number of nitrogens with two attached hydrogens (primary N) is 1. The smallest absolute Gasteiger partial charge is 0.267 e. The van der Waals surface area contributed by atoms with Gasteiger partial charge in [-0.1, -0.05) is 12.1 Å². The molecule has 0 fully saturated rings. The summed E-state index contributed by atoms with van der Waals surface area (Å²) in [5.41, 5.74) is 3.70. The molecule has 0 radical (unpaired) electrons. The maximum Gasteiger partial charge on any atom is 0.267 e. The first-order chi connectivity index (χ1) is 7.24. The van der Waals surface area contributed by atoms with Gasteiger partial charge in [0.15, 0.2) is 0 Å². The van der Waals surface area contributed by atoms with Gasteiger partial charge in [-0.25, -0.2) is 5.84 Å². The maximum absolute atomic E-state index is 11.5. The predicted molar refractivity (Wildman–Crippen MR) is 61.7 cm³/mol. The molecule has 0 unspecified atom stereocenters. The van der Waals surface area contributed by atoms with Crippen LogP contribution in [0.25, 0.3) is 0 Å². The number of nitrogens with one attached hydrogen (secondary N) is 1. The molecule has 0 heterocycles. The van der Waals surface area contributed by atoms with E-state index in [4.69, 9.17) is 5.84 Å². The molecule has 0 saturated carbocycles. The number of amides is 1. The fourth-order valence-electron chi connectivity index (χ4n) is 1.58. The Morgan fingerprint density at radius 1 is 1.33 bits per heavy atom. The maximum atomic E-state index is 11.5. The van der Waals surface area contributed by atoms with E-state index >= 15 is 0 Å². The van der Waals surface area contributed by atoms with Crippen LogP contribution in [0.3, 0.4) is 0 Å². The molecule has 15 heavy (non-hydrogen) atoms. The van der Waals surface area contributed by atoms with Gasteiger partial charge in [-0.3, -0.25) is 10.2 Å². The van der Waals surface area contributed by atoms with E-state index < -0.39 is 0 Å². The Morgan fingerprint density at radius 2 is 1.93 bits per heavy atom. The zero-order chi connectivity index (χ0) is 11.3. The van der Waals surface area contributed by atoms with Crippen molar-refractivity contribution in [1.82, 2.24) is 5.43 Å². The monoisotopic (exact) mass is 207 g/mol. The van der Waals surface area contributed by atoms with E-state index in [1.807, 2.05) is 18.2 Å². The van der Waals surface area contributed by atoms with Crippen molar-refractivity contribution in [3.63, 3.8) is 0 Å². The molecule has 4 heteroatoms. The topological polar surface area (TPSA) is 58.4 Å². The minimum atomic E-state index is -0.252. The zero-order valence-electron chi connectivity index (χ0n) is 9.16. The highest BCUT2D eigenvalue weighted by atomic mass is 16.2. The van der Waals surface area contributed by atoms with Crippen LogP contribution in [0.15, 0.2) is 24.3 Å². The van der Waals surface area contributed by atoms with Gasteiger partial charge in [0.2, 0.25) is 0 Å². The first-order valence-corrected chi connectivity index (χ1v) is 5.09. The van der Waals surface area contributed by atoms with Crippen molar-refractivity contribution in [2.24, 2.45) is 5.84 Å². The lowest BCUT2D eigenvalue weighted by atomic mass is 10.1. The molecular formula is C11H17N3O. The molecule has 1 rings (SSSR count). The highest BCUT2D eigenvalue weighted by Crippen LogP contribution is 2.19. The molecule has 0 aliphatic heterocycles. The van der Waals surface area contributed by atoms with E-state index in [1.54, 1.807) is 6.07 Å². The van der Waals surface area contributed by atoms with Gasteiger partial charge in [-0.15, -0.1) is 0 Å². The van der Waals surface area contributed by atoms with Gasteiger partial charge >= 0.3 is 0 Å². The van der Waals surface area contributed by atoms with E-state index in [-0.39, 0.29) is 5.91 Å². The van der Waals surface area contributed by atoms with Crippen LogP contribution in [0.4, 0.5) is 5.69 Å². The summed E-state index contributed by atoms with van der Waals surface area (Å²) in [6, 6.07) is 7.45. The Bertz CT molecular complexity index is 334. The standard InChI is InChI=1S/C11H17N3O/c1-3-14(4-2)10-8-6-5-7-9(10)11(15)13-12/h5-8H,3-4,12H2,1-2H3,(H,13,15). The van der Waals surface area contributed by atoms with E-state index in [2.05, 4.69) is 24.2 Å². The molecule has 0 aromatic heterocycles. The largest absolute Gasteiger partial charge is 0.371 e. The van der Waals surface area contributed by atoms with Gasteiger partial charge in [-0.2, -0.15) is 0 Å². The number of hydrazine groups is 1. The number of anilines is 1. The number of para-hydroxylation sites is 1. The quantitative estimate of drug-likeness (QED) is 0.442. The third kappa shape index (κ3) is 2.47. The summed E-state index contributed by atoms with van der Waals surface area (Å²) in [4.78, 5) is 13.6. The first kappa shape index (κ1) is 11.5. The lowest BCUT2D eigenvalue weighted by Crippen LogP contribution is -2.32. The van der Waals surface area contributed by atoms with Crippen molar-refractivity contribution in [1.29, 1.82) is 0 Å². The van der Waals surface area contributed by atoms with Crippen LogP contribution in [0.1, 0.15) is 24.2 Å². The second-order valence-electron chi connectivity index (χ2n) is 3.16.